The molecule has 0 spiro atoms. The van der Waals surface area contributed by atoms with Gasteiger partial charge in [0.2, 0.25) is 0 Å². The van der Waals surface area contributed by atoms with Gasteiger partial charge in [-0.2, -0.15) is 0 Å². The zero-order valence-electron chi connectivity index (χ0n) is 10.9. The molecule has 2 rings (SSSR count). The fourth-order valence-corrected chi connectivity index (χ4v) is 2.47. The van der Waals surface area contributed by atoms with Crippen molar-refractivity contribution in [3.63, 3.8) is 0 Å². The van der Waals surface area contributed by atoms with E-state index in [0.29, 0.717) is 13.1 Å². The summed E-state index contributed by atoms with van der Waals surface area (Å²) < 4.78 is 0. The third kappa shape index (κ3) is 4.01. The maximum atomic E-state index is 10.7. The van der Waals surface area contributed by atoms with Gasteiger partial charge in [-0.05, 0) is 25.0 Å². The molecule has 1 aliphatic carbocycles. The highest BCUT2D eigenvalue weighted by Gasteiger charge is 2.28. The highest BCUT2D eigenvalue weighted by Crippen LogP contribution is 2.27. The van der Waals surface area contributed by atoms with Crippen molar-refractivity contribution in [3.05, 3.63) is 29.6 Å². The number of carboxylic acid groups (broad SMARTS) is 1. The van der Waals surface area contributed by atoms with Gasteiger partial charge in [-0.25, -0.2) is 4.79 Å². The predicted octanol–water partition coefficient (Wildman–Crippen LogP) is 1.56. The zero-order chi connectivity index (χ0) is 13.7. The van der Waals surface area contributed by atoms with Crippen LogP contribution in [0.15, 0.2) is 18.3 Å². The molecule has 1 saturated carbocycles. The van der Waals surface area contributed by atoms with Crippen molar-refractivity contribution >= 4 is 5.97 Å². The van der Waals surface area contributed by atoms with Gasteiger partial charge in [-0.1, -0.05) is 19.3 Å². The summed E-state index contributed by atoms with van der Waals surface area (Å²) >= 11 is 0. The molecular formula is C14H20N2O3. The lowest BCUT2D eigenvalue weighted by Gasteiger charge is -2.32. The summed E-state index contributed by atoms with van der Waals surface area (Å²) in [5.74, 6) is -0.969. The summed E-state index contributed by atoms with van der Waals surface area (Å²) in [5.41, 5.74) is 0.387. The van der Waals surface area contributed by atoms with Crippen LogP contribution >= 0.6 is 0 Å². The standard InChI is InChI=1S/C14H20N2O3/c17-13(18)11-4-5-12(16-8-11)9-15-10-14(19)6-2-1-3-7-14/h4-5,8,15,19H,1-3,6-7,9-10H2,(H,17,18). The highest BCUT2D eigenvalue weighted by molar-refractivity contribution is 5.87. The first kappa shape index (κ1) is 14.0. The first-order valence-electron chi connectivity index (χ1n) is 6.70. The van der Waals surface area contributed by atoms with Crippen LogP contribution in [0.1, 0.15) is 48.2 Å². The molecule has 1 aromatic heterocycles. The quantitative estimate of drug-likeness (QED) is 0.752. The second kappa shape index (κ2) is 6.12. The number of nitrogens with one attached hydrogen (secondary N) is 1. The van der Waals surface area contributed by atoms with Crippen molar-refractivity contribution < 1.29 is 15.0 Å². The molecule has 0 bridgehead atoms. The molecule has 5 heteroatoms. The molecular weight excluding hydrogens is 244 g/mol. The molecule has 0 radical (unpaired) electrons. The number of hydrogen-bond donors (Lipinski definition) is 3. The fraction of sp³-hybridized carbons (Fsp3) is 0.571. The van der Waals surface area contributed by atoms with E-state index in [1.165, 1.54) is 12.6 Å². The normalized spacial score (nSPS) is 18.2. The van der Waals surface area contributed by atoms with E-state index < -0.39 is 11.6 Å². The number of hydrogen-bond acceptors (Lipinski definition) is 4. The molecule has 19 heavy (non-hydrogen) atoms. The van der Waals surface area contributed by atoms with Crippen LogP contribution in [-0.4, -0.2) is 33.3 Å². The molecule has 3 N–H and O–H groups in total. The second-order valence-electron chi connectivity index (χ2n) is 5.23. The number of rotatable bonds is 5. The van der Waals surface area contributed by atoms with Crippen molar-refractivity contribution in [1.82, 2.24) is 10.3 Å². The Kier molecular flexibility index (Phi) is 4.50. The van der Waals surface area contributed by atoms with Gasteiger partial charge in [0.25, 0.3) is 0 Å². The van der Waals surface area contributed by atoms with Crippen LogP contribution in [-0.2, 0) is 6.54 Å². The number of nitrogens with zero attached hydrogens (tertiary/aromatic N) is 1. The zero-order valence-corrected chi connectivity index (χ0v) is 10.9. The van der Waals surface area contributed by atoms with Crippen LogP contribution in [0.5, 0.6) is 0 Å². The number of carbonyl (C=O) groups is 1. The van der Waals surface area contributed by atoms with Gasteiger partial charge in [-0.3, -0.25) is 4.98 Å². The van der Waals surface area contributed by atoms with Gasteiger partial charge >= 0.3 is 5.97 Å². The largest absolute Gasteiger partial charge is 0.478 e. The molecule has 0 atom stereocenters. The molecule has 0 unspecified atom stereocenters. The summed E-state index contributed by atoms with van der Waals surface area (Å²) in [5, 5.41) is 22.3. The van der Waals surface area contributed by atoms with Gasteiger partial charge in [0.1, 0.15) is 0 Å². The SMILES string of the molecule is O=C(O)c1ccc(CNCC2(O)CCCCC2)nc1. The maximum Gasteiger partial charge on any atom is 0.337 e. The molecule has 1 fully saturated rings. The van der Waals surface area contributed by atoms with Crippen molar-refractivity contribution in [3.8, 4) is 0 Å². The molecule has 0 aromatic carbocycles. The molecule has 0 saturated heterocycles. The Morgan fingerprint density at radius 3 is 2.63 bits per heavy atom. The average molecular weight is 264 g/mol. The van der Waals surface area contributed by atoms with E-state index in [0.717, 1.165) is 31.4 Å². The molecule has 5 nitrogen and oxygen atoms in total. The number of aliphatic hydroxyl groups is 1. The van der Waals surface area contributed by atoms with Crippen LogP contribution in [0.2, 0.25) is 0 Å². The Morgan fingerprint density at radius 2 is 2.05 bits per heavy atom. The monoisotopic (exact) mass is 264 g/mol. The number of carboxylic acids is 1. The third-order valence-corrected chi connectivity index (χ3v) is 3.62. The van der Waals surface area contributed by atoms with Crippen LogP contribution < -0.4 is 5.32 Å². The van der Waals surface area contributed by atoms with Gasteiger partial charge in [-0.15, -0.1) is 0 Å². The van der Waals surface area contributed by atoms with Crippen molar-refractivity contribution in [1.29, 1.82) is 0 Å². The summed E-state index contributed by atoms with van der Waals surface area (Å²) in [6, 6.07) is 3.24. The van der Waals surface area contributed by atoms with E-state index in [-0.39, 0.29) is 5.56 Å². The molecule has 0 amide bonds. The van der Waals surface area contributed by atoms with Gasteiger partial charge < -0.3 is 15.5 Å². The highest BCUT2D eigenvalue weighted by atomic mass is 16.4. The minimum Gasteiger partial charge on any atom is -0.478 e. The van der Waals surface area contributed by atoms with Crippen LogP contribution in [0, 0.1) is 0 Å². The van der Waals surface area contributed by atoms with Gasteiger partial charge in [0.05, 0.1) is 16.9 Å². The lowest BCUT2D eigenvalue weighted by atomic mass is 9.85. The molecule has 1 aliphatic rings. The van der Waals surface area contributed by atoms with Crippen LogP contribution in [0.4, 0.5) is 0 Å². The molecule has 0 aliphatic heterocycles. The summed E-state index contributed by atoms with van der Waals surface area (Å²) in [7, 11) is 0. The Hall–Kier alpha value is -1.46. The van der Waals surface area contributed by atoms with Crippen molar-refractivity contribution in [2.45, 2.75) is 44.2 Å². The Labute approximate surface area is 112 Å². The lowest BCUT2D eigenvalue weighted by molar-refractivity contribution is 0.00461. The Balaban J connectivity index is 1.80. The topological polar surface area (TPSA) is 82.5 Å². The smallest absolute Gasteiger partial charge is 0.337 e. The second-order valence-corrected chi connectivity index (χ2v) is 5.23. The van der Waals surface area contributed by atoms with E-state index >= 15 is 0 Å². The minimum absolute atomic E-state index is 0.189. The van der Waals surface area contributed by atoms with E-state index in [4.69, 9.17) is 5.11 Å². The third-order valence-electron chi connectivity index (χ3n) is 3.62. The van der Waals surface area contributed by atoms with Crippen molar-refractivity contribution in [2.24, 2.45) is 0 Å². The van der Waals surface area contributed by atoms with Crippen LogP contribution in [0.3, 0.4) is 0 Å². The number of aromatic nitrogens is 1. The summed E-state index contributed by atoms with van der Waals surface area (Å²) in [6.07, 6.45) is 6.44. The molecule has 1 aromatic rings. The van der Waals surface area contributed by atoms with E-state index in [2.05, 4.69) is 10.3 Å². The first-order chi connectivity index (χ1) is 9.09. The predicted molar refractivity (Wildman–Crippen MR) is 70.9 cm³/mol. The van der Waals surface area contributed by atoms with Crippen molar-refractivity contribution in [2.75, 3.05) is 6.54 Å². The number of aromatic carboxylic acids is 1. The Morgan fingerprint density at radius 1 is 1.32 bits per heavy atom. The van der Waals surface area contributed by atoms with Gasteiger partial charge in [0, 0.05) is 19.3 Å². The van der Waals surface area contributed by atoms with Crippen LogP contribution in [0.25, 0.3) is 0 Å². The first-order valence-corrected chi connectivity index (χ1v) is 6.70. The maximum absolute atomic E-state index is 10.7. The van der Waals surface area contributed by atoms with E-state index in [1.54, 1.807) is 12.1 Å². The number of pyridine rings is 1. The van der Waals surface area contributed by atoms with E-state index in [1.807, 2.05) is 0 Å². The summed E-state index contributed by atoms with van der Waals surface area (Å²) in [6.45, 7) is 1.11. The summed E-state index contributed by atoms with van der Waals surface area (Å²) in [4.78, 5) is 14.8. The Bertz CT molecular complexity index is 425. The average Bonchev–Trinajstić information content (AvgIpc) is 2.40. The lowest BCUT2D eigenvalue weighted by Crippen LogP contribution is -2.42. The minimum atomic E-state index is -0.969. The molecule has 1 heterocycles. The van der Waals surface area contributed by atoms with Gasteiger partial charge in [0.15, 0.2) is 0 Å². The molecule has 104 valence electrons. The fourth-order valence-electron chi connectivity index (χ4n) is 2.47. The van der Waals surface area contributed by atoms with E-state index in [9.17, 15) is 9.90 Å².